The van der Waals surface area contributed by atoms with E-state index in [4.69, 9.17) is 9.47 Å². The summed E-state index contributed by atoms with van der Waals surface area (Å²) in [5.74, 6) is 1.56. The van der Waals surface area contributed by atoms with E-state index in [0.717, 1.165) is 38.6 Å². The normalized spacial score (nSPS) is 34.9. The summed E-state index contributed by atoms with van der Waals surface area (Å²) in [6.45, 7) is 7.23. The van der Waals surface area contributed by atoms with Crippen molar-refractivity contribution in [3.8, 4) is 0 Å². The molecule has 2 aliphatic heterocycles. The molecule has 0 radical (unpaired) electrons. The van der Waals surface area contributed by atoms with Crippen LogP contribution in [0.3, 0.4) is 0 Å². The molecule has 3 rings (SSSR count). The molecule has 2 saturated heterocycles. The van der Waals surface area contributed by atoms with Crippen LogP contribution in [-0.2, 0) is 9.47 Å². The molecule has 0 bridgehead atoms. The second kappa shape index (κ2) is 7.66. The van der Waals surface area contributed by atoms with Gasteiger partial charge in [0.15, 0.2) is 5.96 Å². The smallest absolute Gasteiger partial charge is 0.191 e. The van der Waals surface area contributed by atoms with Crippen LogP contribution in [-0.4, -0.2) is 51.0 Å². The summed E-state index contributed by atoms with van der Waals surface area (Å²) < 4.78 is 11.4. The second-order valence-electron chi connectivity index (χ2n) is 7.14. The van der Waals surface area contributed by atoms with Gasteiger partial charge in [-0.05, 0) is 25.7 Å². The maximum Gasteiger partial charge on any atom is 0.191 e. The monoisotopic (exact) mass is 423 g/mol. The van der Waals surface area contributed by atoms with Crippen LogP contribution >= 0.6 is 24.0 Å². The van der Waals surface area contributed by atoms with Crippen molar-refractivity contribution in [2.75, 3.05) is 26.9 Å². The van der Waals surface area contributed by atoms with Crippen molar-refractivity contribution in [3.05, 3.63) is 0 Å². The molecule has 0 spiro atoms. The van der Waals surface area contributed by atoms with Gasteiger partial charge >= 0.3 is 0 Å². The van der Waals surface area contributed by atoms with Gasteiger partial charge in [0.1, 0.15) is 0 Å². The van der Waals surface area contributed by atoms with E-state index >= 15 is 0 Å². The molecule has 22 heavy (non-hydrogen) atoms. The average molecular weight is 423 g/mol. The number of aliphatic imine (C=N–C) groups is 1. The van der Waals surface area contributed by atoms with Crippen molar-refractivity contribution in [3.63, 3.8) is 0 Å². The van der Waals surface area contributed by atoms with E-state index in [0.29, 0.717) is 24.1 Å². The molecule has 0 aromatic rings. The van der Waals surface area contributed by atoms with Crippen molar-refractivity contribution < 1.29 is 9.47 Å². The molecule has 1 saturated carbocycles. The lowest BCUT2D eigenvalue weighted by Crippen LogP contribution is -2.71. The number of ether oxygens (including phenoxy) is 2. The molecule has 3 aliphatic rings. The summed E-state index contributed by atoms with van der Waals surface area (Å²) in [6.07, 6.45) is 4.97. The highest BCUT2D eigenvalue weighted by atomic mass is 127. The molecule has 1 aliphatic carbocycles. The first kappa shape index (κ1) is 18.3. The minimum Gasteiger partial charge on any atom is -0.381 e. The lowest BCUT2D eigenvalue weighted by atomic mass is 9.55. The van der Waals surface area contributed by atoms with Crippen molar-refractivity contribution in [2.24, 2.45) is 16.3 Å². The second-order valence-corrected chi connectivity index (χ2v) is 7.14. The Morgan fingerprint density at radius 3 is 2.50 bits per heavy atom. The first-order valence-corrected chi connectivity index (χ1v) is 8.32. The Morgan fingerprint density at radius 2 is 1.82 bits per heavy atom. The van der Waals surface area contributed by atoms with Crippen LogP contribution in [0.5, 0.6) is 0 Å². The molecule has 128 valence electrons. The van der Waals surface area contributed by atoms with E-state index in [1.165, 1.54) is 12.8 Å². The Balaban J connectivity index is 0.00000176. The van der Waals surface area contributed by atoms with Gasteiger partial charge in [-0.1, -0.05) is 13.8 Å². The number of guanidine groups is 1. The number of nitrogens with zero attached hydrogens (tertiary/aromatic N) is 1. The van der Waals surface area contributed by atoms with E-state index in [2.05, 4.69) is 29.5 Å². The average Bonchev–Trinajstić information content (AvgIpc) is 2.52. The minimum atomic E-state index is 0. The summed E-state index contributed by atoms with van der Waals surface area (Å²) in [5.41, 5.74) is 0.179. The first-order chi connectivity index (χ1) is 10.1. The van der Waals surface area contributed by atoms with Gasteiger partial charge in [-0.2, -0.15) is 0 Å². The largest absolute Gasteiger partial charge is 0.381 e. The van der Waals surface area contributed by atoms with Crippen molar-refractivity contribution in [1.82, 2.24) is 10.6 Å². The summed E-state index contributed by atoms with van der Waals surface area (Å²) >= 11 is 0. The molecule has 0 aromatic carbocycles. The van der Waals surface area contributed by atoms with E-state index in [1.807, 2.05) is 7.05 Å². The fraction of sp³-hybridized carbons (Fsp3) is 0.938. The third-order valence-corrected chi connectivity index (χ3v) is 5.41. The van der Waals surface area contributed by atoms with Crippen LogP contribution in [0.1, 0.15) is 39.5 Å². The molecular weight excluding hydrogens is 393 g/mol. The third-order valence-electron chi connectivity index (χ3n) is 5.41. The Labute approximate surface area is 151 Å². The molecule has 3 unspecified atom stereocenters. The molecule has 2 N–H and O–H groups in total. The van der Waals surface area contributed by atoms with Gasteiger partial charge in [0.25, 0.3) is 0 Å². The molecule has 3 fully saturated rings. The standard InChI is InChI=1S/C16H29N3O2.HI/c1-16(2)13(12-5-4-8-21-14(12)16)19-15(17-3)18-11-6-9-20-10-7-11;/h11-14H,4-10H2,1-3H3,(H2,17,18,19);1H. The minimum absolute atomic E-state index is 0. The van der Waals surface area contributed by atoms with Gasteiger partial charge in [0, 0.05) is 50.3 Å². The first-order valence-electron chi connectivity index (χ1n) is 8.32. The zero-order valence-corrected chi connectivity index (χ0v) is 16.3. The number of hydrogen-bond donors (Lipinski definition) is 2. The van der Waals surface area contributed by atoms with E-state index < -0.39 is 0 Å². The summed E-state index contributed by atoms with van der Waals surface area (Å²) in [4.78, 5) is 4.42. The molecular formula is C16H30IN3O2. The maximum absolute atomic E-state index is 5.97. The topological polar surface area (TPSA) is 54.9 Å². The van der Waals surface area contributed by atoms with Gasteiger partial charge in [-0.3, -0.25) is 4.99 Å². The molecule has 0 aromatic heterocycles. The fourth-order valence-electron chi connectivity index (χ4n) is 4.17. The number of fused-ring (bicyclic) bond motifs is 1. The highest BCUT2D eigenvalue weighted by Gasteiger charge is 2.58. The molecule has 0 amide bonds. The predicted molar refractivity (Wildman–Crippen MR) is 98.9 cm³/mol. The van der Waals surface area contributed by atoms with Gasteiger partial charge in [-0.15, -0.1) is 24.0 Å². The Bertz CT molecular complexity index is 397. The van der Waals surface area contributed by atoms with E-state index in [9.17, 15) is 0 Å². The molecule has 6 heteroatoms. The van der Waals surface area contributed by atoms with Gasteiger partial charge < -0.3 is 20.1 Å². The van der Waals surface area contributed by atoms with Crippen LogP contribution < -0.4 is 10.6 Å². The van der Waals surface area contributed by atoms with Crippen LogP contribution in [0.2, 0.25) is 0 Å². The van der Waals surface area contributed by atoms with Gasteiger partial charge in [0.05, 0.1) is 6.10 Å². The lowest BCUT2D eigenvalue weighted by molar-refractivity contribution is -0.188. The summed E-state index contributed by atoms with van der Waals surface area (Å²) in [6, 6.07) is 0.931. The maximum atomic E-state index is 5.97. The lowest BCUT2D eigenvalue weighted by Gasteiger charge is -2.60. The molecule has 2 heterocycles. The number of nitrogens with one attached hydrogen (secondary N) is 2. The SMILES string of the molecule is CN=C(NC1CCOCC1)NC1C2CCCOC2C1(C)C.I. The Hall–Kier alpha value is -0.0800. The van der Waals surface area contributed by atoms with Crippen molar-refractivity contribution in [1.29, 1.82) is 0 Å². The van der Waals surface area contributed by atoms with Crippen LogP contribution in [0.15, 0.2) is 4.99 Å². The van der Waals surface area contributed by atoms with Crippen LogP contribution in [0, 0.1) is 11.3 Å². The Kier molecular flexibility index (Phi) is 6.36. The highest BCUT2D eigenvalue weighted by molar-refractivity contribution is 14.0. The molecule has 5 nitrogen and oxygen atoms in total. The van der Waals surface area contributed by atoms with E-state index in [-0.39, 0.29) is 29.4 Å². The summed E-state index contributed by atoms with van der Waals surface area (Å²) in [7, 11) is 1.86. The van der Waals surface area contributed by atoms with Gasteiger partial charge in [-0.25, -0.2) is 0 Å². The van der Waals surface area contributed by atoms with Crippen LogP contribution in [0.25, 0.3) is 0 Å². The highest BCUT2D eigenvalue weighted by Crippen LogP contribution is 2.51. The zero-order chi connectivity index (χ0) is 14.9. The predicted octanol–water partition coefficient (Wildman–Crippen LogP) is 2.15. The Morgan fingerprint density at radius 1 is 1.09 bits per heavy atom. The molecule has 3 atom stereocenters. The third kappa shape index (κ3) is 3.53. The van der Waals surface area contributed by atoms with Crippen LogP contribution in [0.4, 0.5) is 0 Å². The quantitative estimate of drug-likeness (QED) is 0.406. The number of halogens is 1. The zero-order valence-electron chi connectivity index (χ0n) is 13.9. The number of hydrogen-bond acceptors (Lipinski definition) is 3. The fourth-order valence-corrected chi connectivity index (χ4v) is 4.17. The van der Waals surface area contributed by atoms with Gasteiger partial charge in [0.2, 0.25) is 0 Å². The van der Waals surface area contributed by atoms with Crippen molar-refractivity contribution >= 4 is 29.9 Å². The van der Waals surface area contributed by atoms with E-state index in [1.54, 1.807) is 0 Å². The number of rotatable bonds is 2. The summed E-state index contributed by atoms with van der Waals surface area (Å²) in [5, 5.41) is 7.21. The van der Waals surface area contributed by atoms with Crippen molar-refractivity contribution in [2.45, 2.75) is 57.7 Å².